The first-order valence-electron chi connectivity index (χ1n) is 6.90. The van der Waals surface area contributed by atoms with Gasteiger partial charge in [-0.1, -0.05) is 12.8 Å². The van der Waals surface area contributed by atoms with Gasteiger partial charge in [0.15, 0.2) is 0 Å². The Kier molecular flexibility index (Phi) is 6.58. The van der Waals surface area contributed by atoms with Gasteiger partial charge in [-0.25, -0.2) is 0 Å². The number of carbonyl (C=O) groups excluding carboxylic acids is 1. The molecule has 2 N–H and O–H groups in total. The minimum absolute atomic E-state index is 0. The van der Waals surface area contributed by atoms with Gasteiger partial charge in [0.1, 0.15) is 6.04 Å². The molecule has 0 aromatic heterocycles. The normalized spacial score (nSPS) is 24.1. The Bertz CT molecular complexity index is 321. The number of aliphatic carboxylic acids is 1. The molecule has 19 heavy (non-hydrogen) atoms. The molecule has 0 radical (unpaired) electrons. The van der Waals surface area contributed by atoms with Crippen LogP contribution in [-0.4, -0.2) is 47.6 Å². The standard InChI is InChI=1S/C13H22N2O3.ClH/c16-12(14-8-10-4-3-5-10)9-15-7-2-1-6-11(15)13(17)18;/h10-11H,1-9H2,(H,14,16)(H,17,18);1H. The molecular formula is C13H23ClN2O3. The summed E-state index contributed by atoms with van der Waals surface area (Å²) < 4.78 is 0. The van der Waals surface area contributed by atoms with Crippen molar-refractivity contribution < 1.29 is 14.7 Å². The highest BCUT2D eigenvalue weighted by Gasteiger charge is 2.29. The highest BCUT2D eigenvalue weighted by molar-refractivity contribution is 5.85. The summed E-state index contributed by atoms with van der Waals surface area (Å²) in [7, 11) is 0. The van der Waals surface area contributed by atoms with E-state index in [1.54, 1.807) is 4.90 Å². The largest absolute Gasteiger partial charge is 0.480 e. The molecule has 0 aromatic rings. The number of nitrogens with zero attached hydrogens (tertiary/aromatic N) is 1. The first-order valence-corrected chi connectivity index (χ1v) is 6.90. The average molecular weight is 291 g/mol. The number of halogens is 1. The molecule has 1 aliphatic heterocycles. The van der Waals surface area contributed by atoms with Gasteiger partial charge in [0.2, 0.25) is 5.91 Å². The van der Waals surface area contributed by atoms with Crippen LogP contribution < -0.4 is 5.32 Å². The summed E-state index contributed by atoms with van der Waals surface area (Å²) in [5.74, 6) is -0.192. The molecule has 110 valence electrons. The molecule has 1 heterocycles. The fourth-order valence-corrected chi connectivity index (χ4v) is 2.66. The molecule has 5 nitrogen and oxygen atoms in total. The van der Waals surface area contributed by atoms with Crippen LogP contribution >= 0.6 is 12.4 Å². The minimum Gasteiger partial charge on any atom is -0.480 e. The van der Waals surface area contributed by atoms with Crippen molar-refractivity contribution in [3.8, 4) is 0 Å². The topological polar surface area (TPSA) is 69.6 Å². The molecule has 2 rings (SSSR count). The van der Waals surface area contributed by atoms with Gasteiger partial charge in [-0.2, -0.15) is 0 Å². The van der Waals surface area contributed by atoms with E-state index in [-0.39, 0.29) is 24.9 Å². The van der Waals surface area contributed by atoms with Crippen LogP contribution in [0.25, 0.3) is 0 Å². The van der Waals surface area contributed by atoms with Gasteiger partial charge in [0, 0.05) is 6.54 Å². The maximum absolute atomic E-state index is 11.8. The highest BCUT2D eigenvalue weighted by Crippen LogP contribution is 2.25. The number of rotatable bonds is 5. The monoisotopic (exact) mass is 290 g/mol. The molecule has 1 unspecified atom stereocenters. The first kappa shape index (κ1) is 16.2. The van der Waals surface area contributed by atoms with Crippen LogP contribution in [0.4, 0.5) is 0 Å². The van der Waals surface area contributed by atoms with Crippen molar-refractivity contribution in [1.29, 1.82) is 0 Å². The third-order valence-electron chi connectivity index (χ3n) is 4.06. The number of hydrogen-bond acceptors (Lipinski definition) is 3. The predicted molar refractivity (Wildman–Crippen MR) is 74.4 cm³/mol. The zero-order valence-corrected chi connectivity index (χ0v) is 12.0. The molecule has 1 atom stereocenters. The van der Waals surface area contributed by atoms with E-state index < -0.39 is 12.0 Å². The van der Waals surface area contributed by atoms with E-state index in [2.05, 4.69) is 5.32 Å². The fraction of sp³-hybridized carbons (Fsp3) is 0.846. The number of carbonyl (C=O) groups is 2. The Morgan fingerprint density at radius 2 is 1.89 bits per heavy atom. The lowest BCUT2D eigenvalue weighted by molar-refractivity contribution is -0.145. The summed E-state index contributed by atoms with van der Waals surface area (Å²) >= 11 is 0. The smallest absolute Gasteiger partial charge is 0.320 e. The van der Waals surface area contributed by atoms with E-state index in [0.717, 1.165) is 19.4 Å². The lowest BCUT2D eigenvalue weighted by atomic mass is 9.85. The van der Waals surface area contributed by atoms with Crippen molar-refractivity contribution in [1.82, 2.24) is 10.2 Å². The second-order valence-corrected chi connectivity index (χ2v) is 5.42. The predicted octanol–water partition coefficient (Wildman–Crippen LogP) is 1.26. The molecule has 0 aromatic carbocycles. The molecule has 0 bridgehead atoms. The second-order valence-electron chi connectivity index (χ2n) is 5.42. The molecule has 1 saturated carbocycles. The van der Waals surface area contributed by atoms with Crippen LogP contribution in [0.1, 0.15) is 38.5 Å². The lowest BCUT2D eigenvalue weighted by Crippen LogP contribution is -2.49. The second kappa shape index (κ2) is 7.70. The van der Waals surface area contributed by atoms with Gasteiger partial charge in [-0.05, 0) is 38.1 Å². The van der Waals surface area contributed by atoms with E-state index in [4.69, 9.17) is 5.11 Å². The van der Waals surface area contributed by atoms with Crippen LogP contribution in [0.5, 0.6) is 0 Å². The van der Waals surface area contributed by atoms with Crippen molar-refractivity contribution >= 4 is 24.3 Å². The van der Waals surface area contributed by atoms with Crippen molar-refractivity contribution in [2.45, 2.75) is 44.6 Å². The number of piperidine rings is 1. The Hall–Kier alpha value is -0.810. The third-order valence-corrected chi connectivity index (χ3v) is 4.06. The van der Waals surface area contributed by atoms with Crippen LogP contribution in [0, 0.1) is 5.92 Å². The van der Waals surface area contributed by atoms with Gasteiger partial charge in [0.05, 0.1) is 6.54 Å². The van der Waals surface area contributed by atoms with Gasteiger partial charge in [-0.3, -0.25) is 14.5 Å². The van der Waals surface area contributed by atoms with Gasteiger partial charge < -0.3 is 10.4 Å². The third kappa shape index (κ3) is 4.66. The molecule has 1 saturated heterocycles. The van der Waals surface area contributed by atoms with E-state index in [9.17, 15) is 9.59 Å². The van der Waals surface area contributed by atoms with Crippen LogP contribution in [0.15, 0.2) is 0 Å². The van der Waals surface area contributed by atoms with Crippen molar-refractivity contribution in [2.75, 3.05) is 19.6 Å². The van der Waals surface area contributed by atoms with Gasteiger partial charge >= 0.3 is 5.97 Å². The van der Waals surface area contributed by atoms with Crippen molar-refractivity contribution in [3.63, 3.8) is 0 Å². The molecule has 6 heteroatoms. The summed E-state index contributed by atoms with van der Waals surface area (Å²) in [5, 5.41) is 12.0. The van der Waals surface area contributed by atoms with Crippen LogP contribution in [0.2, 0.25) is 0 Å². The number of amides is 1. The van der Waals surface area contributed by atoms with Gasteiger partial charge in [0.25, 0.3) is 0 Å². The van der Waals surface area contributed by atoms with Crippen molar-refractivity contribution in [3.05, 3.63) is 0 Å². The highest BCUT2D eigenvalue weighted by atomic mass is 35.5. The molecule has 0 spiro atoms. The Balaban J connectivity index is 0.00000180. The van der Waals surface area contributed by atoms with Crippen LogP contribution in [-0.2, 0) is 9.59 Å². The van der Waals surface area contributed by atoms with Crippen molar-refractivity contribution in [2.24, 2.45) is 5.92 Å². The van der Waals surface area contributed by atoms with Crippen LogP contribution in [0.3, 0.4) is 0 Å². The quantitative estimate of drug-likeness (QED) is 0.800. The maximum atomic E-state index is 11.8. The number of carboxylic acid groups (broad SMARTS) is 1. The Morgan fingerprint density at radius 3 is 2.47 bits per heavy atom. The maximum Gasteiger partial charge on any atom is 0.320 e. The summed E-state index contributed by atoms with van der Waals surface area (Å²) in [5.41, 5.74) is 0. The number of hydrogen-bond donors (Lipinski definition) is 2. The molecule has 1 aliphatic carbocycles. The molecule has 2 aliphatic rings. The zero-order valence-electron chi connectivity index (χ0n) is 11.1. The first-order chi connectivity index (χ1) is 8.66. The van der Waals surface area contributed by atoms with E-state index in [1.807, 2.05) is 0 Å². The van der Waals surface area contributed by atoms with E-state index >= 15 is 0 Å². The molecule has 2 fully saturated rings. The number of likely N-dealkylation sites (tertiary alicyclic amines) is 1. The Morgan fingerprint density at radius 1 is 1.16 bits per heavy atom. The fourth-order valence-electron chi connectivity index (χ4n) is 2.66. The number of carboxylic acids is 1. The minimum atomic E-state index is -0.804. The van der Waals surface area contributed by atoms with E-state index in [0.29, 0.717) is 18.9 Å². The van der Waals surface area contributed by atoms with E-state index in [1.165, 1.54) is 19.3 Å². The number of nitrogens with one attached hydrogen (secondary N) is 1. The summed E-state index contributed by atoms with van der Waals surface area (Å²) in [6.07, 6.45) is 6.28. The lowest BCUT2D eigenvalue weighted by Gasteiger charge is -2.32. The molecule has 1 amide bonds. The zero-order chi connectivity index (χ0) is 13.0. The van der Waals surface area contributed by atoms with Gasteiger partial charge in [-0.15, -0.1) is 12.4 Å². The Labute approximate surface area is 120 Å². The summed E-state index contributed by atoms with van der Waals surface area (Å²) in [4.78, 5) is 24.7. The summed E-state index contributed by atoms with van der Waals surface area (Å²) in [6.45, 7) is 1.70. The SMILES string of the molecule is Cl.O=C(CN1CCCCC1C(=O)O)NCC1CCC1. The summed E-state index contributed by atoms with van der Waals surface area (Å²) in [6, 6.07) is -0.479. The molecular weight excluding hydrogens is 268 g/mol. The average Bonchev–Trinajstić information content (AvgIpc) is 2.27.